The Morgan fingerprint density at radius 3 is 2.65 bits per heavy atom. The number of nitrogens with zero attached hydrogens (tertiary/aromatic N) is 4. The van der Waals surface area contributed by atoms with E-state index in [0.29, 0.717) is 36.6 Å². The van der Waals surface area contributed by atoms with Crippen LogP contribution in [-0.4, -0.2) is 75.4 Å². The number of halogens is 1. The van der Waals surface area contributed by atoms with Crippen molar-refractivity contribution in [3.8, 4) is 11.3 Å². The number of hydrogen-bond donors (Lipinski definition) is 3. The van der Waals surface area contributed by atoms with E-state index in [9.17, 15) is 18.8 Å². The van der Waals surface area contributed by atoms with Gasteiger partial charge in [0, 0.05) is 57.4 Å². The van der Waals surface area contributed by atoms with Crippen LogP contribution < -0.4 is 16.0 Å². The number of benzene rings is 1. The summed E-state index contributed by atoms with van der Waals surface area (Å²) in [6.45, 7) is 6.82. The minimum atomic E-state index is -0.613. The summed E-state index contributed by atoms with van der Waals surface area (Å²) in [5.41, 5.74) is 2.05. The molecule has 230 valence electrons. The highest BCUT2D eigenvalue weighted by atomic mass is 19.1. The smallest absolute Gasteiger partial charge is 0.407 e. The Morgan fingerprint density at radius 2 is 1.93 bits per heavy atom. The van der Waals surface area contributed by atoms with Crippen LogP contribution in [0.2, 0.25) is 0 Å². The number of carbonyl (C=O) groups is 3. The van der Waals surface area contributed by atoms with Gasteiger partial charge in [-0.15, -0.1) is 0 Å². The molecule has 0 bridgehead atoms. The van der Waals surface area contributed by atoms with Crippen molar-refractivity contribution in [2.45, 2.75) is 58.1 Å². The lowest BCUT2D eigenvalue weighted by molar-refractivity contribution is -0.131. The van der Waals surface area contributed by atoms with Crippen LogP contribution in [0.1, 0.15) is 56.0 Å². The average molecular weight is 594 g/mol. The first-order chi connectivity index (χ1) is 20.5. The fraction of sp³-hybridized carbons (Fsp3) is 0.452. The molecule has 12 heteroatoms. The number of ether oxygens (including phenoxy) is 1. The van der Waals surface area contributed by atoms with Gasteiger partial charge >= 0.3 is 6.09 Å². The van der Waals surface area contributed by atoms with E-state index >= 15 is 0 Å². The van der Waals surface area contributed by atoms with E-state index in [2.05, 4.69) is 21.0 Å². The summed E-state index contributed by atoms with van der Waals surface area (Å²) in [7, 11) is 1.82. The summed E-state index contributed by atoms with van der Waals surface area (Å²) >= 11 is 0. The molecule has 11 nitrogen and oxygen atoms in total. The van der Waals surface area contributed by atoms with Crippen molar-refractivity contribution in [1.29, 1.82) is 0 Å². The van der Waals surface area contributed by atoms with Crippen molar-refractivity contribution in [3.63, 3.8) is 0 Å². The van der Waals surface area contributed by atoms with E-state index in [-0.39, 0.29) is 43.2 Å². The number of rotatable bonds is 11. The number of likely N-dealkylation sites (tertiary alicyclic amines) is 1. The molecule has 0 spiro atoms. The van der Waals surface area contributed by atoms with Crippen LogP contribution in [0, 0.1) is 5.82 Å². The molecule has 3 amide bonds. The Balaban J connectivity index is 1.37. The third-order valence-electron chi connectivity index (χ3n) is 6.94. The number of aryl methyl sites for hydroxylation is 1. The van der Waals surface area contributed by atoms with Crippen molar-refractivity contribution >= 4 is 23.7 Å². The number of anilines is 1. The summed E-state index contributed by atoms with van der Waals surface area (Å²) in [4.78, 5) is 44.6. The minimum absolute atomic E-state index is 0.0880. The molecule has 0 aliphatic carbocycles. The van der Waals surface area contributed by atoms with Crippen LogP contribution in [0.3, 0.4) is 0 Å². The van der Waals surface area contributed by atoms with Crippen LogP contribution in [0.25, 0.3) is 11.3 Å². The molecule has 1 aliphatic rings. The normalized spacial score (nSPS) is 14.8. The molecule has 4 rings (SSSR count). The quantitative estimate of drug-likeness (QED) is 0.307. The summed E-state index contributed by atoms with van der Waals surface area (Å²) in [6.07, 6.45) is 5.26. The molecule has 3 N–H and O–H groups in total. The summed E-state index contributed by atoms with van der Waals surface area (Å²) in [6, 6.07) is 9.74. The Morgan fingerprint density at radius 1 is 1.12 bits per heavy atom. The summed E-state index contributed by atoms with van der Waals surface area (Å²) in [5, 5.41) is 13.1. The molecule has 0 radical (unpaired) electrons. The zero-order chi connectivity index (χ0) is 31.0. The van der Waals surface area contributed by atoms with Crippen molar-refractivity contribution in [2.24, 2.45) is 7.05 Å². The Labute approximate surface area is 251 Å². The SMILES string of the molecule is Cn1cc(-c2ccc(C(=O)NC[C@H]3CCCN3C(=O)CCNC(=O)OC(C)(C)C)c(NCCc3cccc(F)c3)n2)cn1. The number of pyridine rings is 1. The van der Waals surface area contributed by atoms with Gasteiger partial charge in [0.2, 0.25) is 5.91 Å². The van der Waals surface area contributed by atoms with Gasteiger partial charge < -0.3 is 25.6 Å². The molecule has 3 aromatic rings. The van der Waals surface area contributed by atoms with Crippen LogP contribution in [-0.2, 0) is 23.0 Å². The Kier molecular flexibility index (Phi) is 10.3. The second-order valence-electron chi connectivity index (χ2n) is 11.6. The van der Waals surface area contributed by atoms with Crippen molar-refractivity contribution < 1.29 is 23.5 Å². The fourth-order valence-corrected chi connectivity index (χ4v) is 4.92. The van der Waals surface area contributed by atoms with Gasteiger partial charge in [0.15, 0.2) is 0 Å². The number of hydrogen-bond acceptors (Lipinski definition) is 7. The van der Waals surface area contributed by atoms with Crippen molar-refractivity contribution in [3.05, 3.63) is 65.7 Å². The standard InChI is InChI=1S/C31H40FN7O4/c1-31(2,3)43-30(42)34-15-13-27(40)39-16-6-9-24(39)19-35-29(41)25-10-11-26(22-18-36-38(4)20-22)37-28(25)33-14-12-21-7-5-8-23(32)17-21/h5,7-8,10-11,17-18,20,24H,6,9,12-16,19H2,1-4H3,(H,33,37)(H,34,42)(H,35,41)/t24-/m1/s1. The Hall–Kier alpha value is -4.48. The fourth-order valence-electron chi connectivity index (χ4n) is 4.92. The molecule has 1 aliphatic heterocycles. The predicted octanol–water partition coefficient (Wildman–Crippen LogP) is 3.91. The largest absolute Gasteiger partial charge is 0.444 e. The number of carbonyl (C=O) groups excluding carboxylic acids is 3. The molecule has 0 unspecified atom stereocenters. The predicted molar refractivity (Wildman–Crippen MR) is 161 cm³/mol. The number of aromatic nitrogens is 3. The second kappa shape index (κ2) is 14.1. The van der Waals surface area contributed by atoms with Gasteiger partial charge in [-0.2, -0.15) is 5.10 Å². The molecule has 1 aromatic carbocycles. The van der Waals surface area contributed by atoms with Gasteiger partial charge in [-0.3, -0.25) is 14.3 Å². The van der Waals surface area contributed by atoms with E-state index in [4.69, 9.17) is 9.72 Å². The third-order valence-corrected chi connectivity index (χ3v) is 6.94. The van der Waals surface area contributed by atoms with Gasteiger partial charge in [0.1, 0.15) is 17.2 Å². The van der Waals surface area contributed by atoms with Crippen molar-refractivity contribution in [1.82, 2.24) is 30.3 Å². The third kappa shape index (κ3) is 9.25. The van der Waals surface area contributed by atoms with Gasteiger partial charge in [-0.1, -0.05) is 12.1 Å². The monoisotopic (exact) mass is 593 g/mol. The summed E-state index contributed by atoms with van der Waals surface area (Å²) < 4.78 is 20.5. The molecule has 0 saturated carbocycles. The van der Waals surface area contributed by atoms with E-state index in [1.54, 1.807) is 54.7 Å². The molecule has 1 atom stereocenters. The maximum Gasteiger partial charge on any atom is 0.407 e. The minimum Gasteiger partial charge on any atom is -0.444 e. The molecule has 43 heavy (non-hydrogen) atoms. The lowest BCUT2D eigenvalue weighted by Gasteiger charge is -2.25. The van der Waals surface area contributed by atoms with Gasteiger partial charge in [0.05, 0.1) is 17.5 Å². The maximum absolute atomic E-state index is 13.6. The van der Waals surface area contributed by atoms with Crippen LogP contribution in [0.5, 0.6) is 0 Å². The zero-order valence-electron chi connectivity index (χ0n) is 25.2. The highest BCUT2D eigenvalue weighted by Crippen LogP contribution is 2.23. The van der Waals surface area contributed by atoms with Crippen LogP contribution >= 0.6 is 0 Å². The maximum atomic E-state index is 13.6. The van der Waals surface area contributed by atoms with E-state index in [1.807, 2.05) is 19.3 Å². The lowest BCUT2D eigenvalue weighted by atomic mass is 10.1. The van der Waals surface area contributed by atoms with Crippen LogP contribution in [0.15, 0.2) is 48.8 Å². The van der Waals surface area contributed by atoms with Crippen molar-refractivity contribution in [2.75, 3.05) is 31.5 Å². The first-order valence-electron chi connectivity index (χ1n) is 14.5. The molecule has 3 heterocycles. The molecular formula is C31H40FN7O4. The zero-order valence-corrected chi connectivity index (χ0v) is 25.2. The van der Waals surface area contributed by atoms with Gasteiger partial charge in [0.25, 0.3) is 5.91 Å². The number of amides is 3. The first-order valence-corrected chi connectivity index (χ1v) is 14.5. The van der Waals surface area contributed by atoms with Crippen LogP contribution in [0.4, 0.5) is 15.0 Å². The number of nitrogens with one attached hydrogen (secondary N) is 3. The van der Waals surface area contributed by atoms with E-state index in [0.717, 1.165) is 24.0 Å². The lowest BCUT2D eigenvalue weighted by Crippen LogP contribution is -2.44. The molecule has 1 fully saturated rings. The molecule has 2 aromatic heterocycles. The van der Waals surface area contributed by atoms with Gasteiger partial charge in [-0.25, -0.2) is 14.2 Å². The van der Waals surface area contributed by atoms with Gasteiger partial charge in [-0.05, 0) is 69.9 Å². The van der Waals surface area contributed by atoms with E-state index < -0.39 is 11.7 Å². The second-order valence-corrected chi connectivity index (χ2v) is 11.6. The average Bonchev–Trinajstić information content (AvgIpc) is 3.60. The molecule has 1 saturated heterocycles. The molecular weight excluding hydrogens is 553 g/mol. The number of alkyl carbamates (subject to hydrolysis) is 1. The highest BCUT2D eigenvalue weighted by Gasteiger charge is 2.29. The first kappa shape index (κ1) is 31.5. The summed E-state index contributed by atoms with van der Waals surface area (Å²) in [5.74, 6) is -0.296. The topological polar surface area (TPSA) is 130 Å². The van der Waals surface area contributed by atoms with E-state index in [1.165, 1.54) is 12.1 Å². The highest BCUT2D eigenvalue weighted by molar-refractivity contribution is 5.99. The Bertz CT molecular complexity index is 1440.